The summed E-state index contributed by atoms with van der Waals surface area (Å²) in [4.78, 5) is 0. The van der Waals surface area contributed by atoms with Crippen LogP contribution in [0.2, 0.25) is 0 Å². The molecule has 0 heterocycles. The second kappa shape index (κ2) is 9.54. The van der Waals surface area contributed by atoms with Crippen molar-refractivity contribution < 1.29 is 15.3 Å². The molecule has 168 valence electrons. The number of hydrogen-bond acceptors (Lipinski definition) is 3. The maximum atomic E-state index is 10.2. The molecule has 0 saturated heterocycles. The van der Waals surface area contributed by atoms with Gasteiger partial charge in [-0.15, -0.1) is 0 Å². The van der Waals surface area contributed by atoms with Crippen molar-refractivity contribution in [3.63, 3.8) is 0 Å². The maximum absolute atomic E-state index is 10.2. The molecule has 3 saturated carbocycles. The number of fused-ring (bicyclic) bond motifs is 1. The van der Waals surface area contributed by atoms with Crippen molar-refractivity contribution in [3.05, 3.63) is 47.6 Å². The minimum atomic E-state index is -0.625. The topological polar surface area (TPSA) is 60.7 Å². The van der Waals surface area contributed by atoms with Gasteiger partial charge in [0.15, 0.2) is 0 Å². The summed E-state index contributed by atoms with van der Waals surface area (Å²) in [6.07, 6.45) is 14.3. The highest BCUT2D eigenvalue weighted by atomic mass is 16.3. The standard InChI is InChI=1S/C27H42O3/c1-17(2)25(29)13-8-18(3)23-11-12-24-20(7-6-14-27(23,24)5)9-10-21-15-22(28)16-26(30)19(21)4/h8-10,13,17-18,22-26,28-30H,4,6-7,11-12,14-16H2,1-3,5H3/t18-,22?,23-,24+,25?,26?,27-/m1/s1. The fraction of sp³-hybridized carbons (Fsp3) is 0.704. The molecule has 3 rings (SSSR count). The summed E-state index contributed by atoms with van der Waals surface area (Å²) in [7, 11) is 0. The molecule has 0 aliphatic heterocycles. The molecule has 3 aliphatic rings. The quantitative estimate of drug-likeness (QED) is 0.532. The van der Waals surface area contributed by atoms with Crippen LogP contribution < -0.4 is 0 Å². The Hall–Kier alpha value is -1.16. The van der Waals surface area contributed by atoms with Crippen molar-refractivity contribution in [2.75, 3.05) is 0 Å². The van der Waals surface area contributed by atoms with Gasteiger partial charge in [0.05, 0.1) is 18.3 Å². The Labute approximate surface area is 183 Å². The normalized spacial score (nSPS) is 39.8. The van der Waals surface area contributed by atoms with Gasteiger partial charge in [0.2, 0.25) is 0 Å². The van der Waals surface area contributed by atoms with Gasteiger partial charge in [-0.05, 0) is 78.8 Å². The van der Waals surface area contributed by atoms with Crippen LogP contribution in [0, 0.1) is 29.1 Å². The molecule has 0 bridgehead atoms. The van der Waals surface area contributed by atoms with E-state index in [1.165, 1.54) is 31.3 Å². The number of rotatable bonds is 5. The van der Waals surface area contributed by atoms with Gasteiger partial charge in [0.1, 0.15) is 0 Å². The van der Waals surface area contributed by atoms with Crippen molar-refractivity contribution in [1.29, 1.82) is 0 Å². The van der Waals surface area contributed by atoms with E-state index in [2.05, 4.69) is 52.5 Å². The zero-order chi connectivity index (χ0) is 22.1. The van der Waals surface area contributed by atoms with Crippen LogP contribution in [0.25, 0.3) is 0 Å². The fourth-order valence-corrected chi connectivity index (χ4v) is 6.25. The van der Waals surface area contributed by atoms with Crippen LogP contribution in [-0.4, -0.2) is 33.6 Å². The first-order chi connectivity index (χ1) is 14.1. The monoisotopic (exact) mass is 414 g/mol. The first-order valence-corrected chi connectivity index (χ1v) is 11.9. The lowest BCUT2D eigenvalue weighted by Gasteiger charge is -2.44. The molecule has 7 atom stereocenters. The summed E-state index contributed by atoms with van der Waals surface area (Å²) in [5.74, 6) is 1.96. The molecule has 3 heteroatoms. The SMILES string of the molecule is C=C1C(=CC=C2CCC[C@]3(C)[C@@H]([C@H](C)C=CC(O)C(C)C)CC[C@@H]23)CC(O)CC1O. The van der Waals surface area contributed by atoms with E-state index in [1.807, 2.05) is 6.08 Å². The van der Waals surface area contributed by atoms with Crippen molar-refractivity contribution >= 4 is 0 Å². The zero-order valence-corrected chi connectivity index (χ0v) is 19.3. The number of hydrogen-bond donors (Lipinski definition) is 3. The van der Waals surface area contributed by atoms with Crippen LogP contribution in [0.5, 0.6) is 0 Å². The Balaban J connectivity index is 1.76. The smallest absolute Gasteiger partial charge is 0.0811 e. The summed E-state index contributed by atoms with van der Waals surface area (Å²) in [5, 5.41) is 30.3. The number of allylic oxidation sites excluding steroid dienone is 4. The predicted octanol–water partition coefficient (Wildman–Crippen LogP) is 5.34. The van der Waals surface area contributed by atoms with Crippen LogP contribution in [0.4, 0.5) is 0 Å². The van der Waals surface area contributed by atoms with Gasteiger partial charge >= 0.3 is 0 Å². The van der Waals surface area contributed by atoms with Crippen LogP contribution >= 0.6 is 0 Å². The van der Waals surface area contributed by atoms with Gasteiger partial charge < -0.3 is 15.3 Å². The van der Waals surface area contributed by atoms with E-state index in [0.29, 0.717) is 36.0 Å². The van der Waals surface area contributed by atoms with Gasteiger partial charge in [-0.1, -0.05) is 64.2 Å². The largest absolute Gasteiger partial charge is 0.393 e. The fourth-order valence-electron chi connectivity index (χ4n) is 6.25. The second-order valence-electron chi connectivity index (χ2n) is 10.6. The van der Waals surface area contributed by atoms with Crippen LogP contribution in [0.15, 0.2) is 47.6 Å². The molecule has 0 aromatic carbocycles. The Morgan fingerprint density at radius 2 is 1.83 bits per heavy atom. The summed E-state index contributed by atoms with van der Waals surface area (Å²) >= 11 is 0. The molecular weight excluding hydrogens is 372 g/mol. The molecule has 0 radical (unpaired) electrons. The molecule has 3 fully saturated rings. The Kier molecular flexibility index (Phi) is 7.48. The average Bonchev–Trinajstić information content (AvgIpc) is 3.04. The Morgan fingerprint density at radius 3 is 2.53 bits per heavy atom. The summed E-state index contributed by atoms with van der Waals surface area (Å²) in [6.45, 7) is 13.0. The first kappa shape index (κ1) is 23.5. The molecule has 0 amide bonds. The van der Waals surface area contributed by atoms with E-state index in [4.69, 9.17) is 0 Å². The average molecular weight is 415 g/mol. The van der Waals surface area contributed by atoms with E-state index in [0.717, 1.165) is 17.6 Å². The van der Waals surface area contributed by atoms with Crippen molar-refractivity contribution in [2.45, 2.75) is 91.0 Å². The van der Waals surface area contributed by atoms with Gasteiger partial charge in [0, 0.05) is 6.42 Å². The van der Waals surface area contributed by atoms with E-state index in [-0.39, 0.29) is 12.0 Å². The highest BCUT2D eigenvalue weighted by Crippen LogP contribution is 2.59. The number of aliphatic hydroxyl groups is 3. The minimum Gasteiger partial charge on any atom is -0.393 e. The molecule has 30 heavy (non-hydrogen) atoms. The molecule has 0 spiro atoms. The summed E-state index contributed by atoms with van der Waals surface area (Å²) in [6, 6.07) is 0. The van der Waals surface area contributed by atoms with Gasteiger partial charge in [-0.3, -0.25) is 0 Å². The van der Waals surface area contributed by atoms with Crippen molar-refractivity contribution in [2.24, 2.45) is 29.1 Å². The molecule has 3 nitrogen and oxygen atoms in total. The first-order valence-electron chi connectivity index (χ1n) is 11.9. The van der Waals surface area contributed by atoms with E-state index < -0.39 is 12.2 Å². The van der Waals surface area contributed by atoms with Crippen LogP contribution in [0.3, 0.4) is 0 Å². The van der Waals surface area contributed by atoms with E-state index in [1.54, 1.807) is 0 Å². The third-order valence-corrected chi connectivity index (χ3v) is 8.23. The molecule has 3 aliphatic carbocycles. The molecule has 3 unspecified atom stereocenters. The van der Waals surface area contributed by atoms with Crippen molar-refractivity contribution in [1.82, 2.24) is 0 Å². The third-order valence-electron chi connectivity index (χ3n) is 8.23. The highest BCUT2D eigenvalue weighted by molar-refractivity contribution is 5.38. The highest BCUT2D eigenvalue weighted by Gasteiger charge is 2.50. The lowest BCUT2D eigenvalue weighted by Crippen LogP contribution is -2.35. The Morgan fingerprint density at radius 1 is 1.10 bits per heavy atom. The summed E-state index contributed by atoms with van der Waals surface area (Å²) in [5.41, 5.74) is 3.59. The lowest BCUT2D eigenvalue weighted by molar-refractivity contribution is 0.0862. The van der Waals surface area contributed by atoms with E-state index >= 15 is 0 Å². The summed E-state index contributed by atoms with van der Waals surface area (Å²) < 4.78 is 0. The van der Waals surface area contributed by atoms with Crippen molar-refractivity contribution in [3.8, 4) is 0 Å². The molecule has 0 aromatic rings. The molecule has 0 aromatic heterocycles. The van der Waals surface area contributed by atoms with Gasteiger partial charge in [0.25, 0.3) is 0 Å². The zero-order valence-electron chi connectivity index (χ0n) is 19.3. The van der Waals surface area contributed by atoms with Gasteiger partial charge in [-0.2, -0.15) is 0 Å². The predicted molar refractivity (Wildman–Crippen MR) is 124 cm³/mol. The maximum Gasteiger partial charge on any atom is 0.0811 e. The Bertz CT molecular complexity index is 716. The molecule has 3 N–H and O–H groups in total. The van der Waals surface area contributed by atoms with Gasteiger partial charge in [-0.25, -0.2) is 0 Å². The molecular formula is C27H42O3. The lowest BCUT2D eigenvalue weighted by atomic mass is 9.61. The number of aliphatic hydroxyl groups excluding tert-OH is 3. The van der Waals surface area contributed by atoms with Crippen LogP contribution in [-0.2, 0) is 0 Å². The second-order valence-corrected chi connectivity index (χ2v) is 10.6. The van der Waals surface area contributed by atoms with E-state index in [9.17, 15) is 15.3 Å². The van der Waals surface area contributed by atoms with Crippen LogP contribution in [0.1, 0.15) is 72.6 Å². The third kappa shape index (κ3) is 4.84. The minimum absolute atomic E-state index is 0.254.